The van der Waals surface area contributed by atoms with E-state index in [4.69, 9.17) is 16.3 Å². The van der Waals surface area contributed by atoms with E-state index in [1.165, 1.54) is 24.9 Å². The van der Waals surface area contributed by atoms with Gasteiger partial charge in [-0.15, -0.1) is 10.2 Å². The molecular formula is C17H15ClN4O2S. The number of nitrogens with zero attached hydrogens (tertiary/aromatic N) is 4. The van der Waals surface area contributed by atoms with E-state index in [1.807, 2.05) is 36.6 Å². The third-order valence-corrected chi connectivity index (χ3v) is 4.38. The van der Waals surface area contributed by atoms with Gasteiger partial charge in [0.1, 0.15) is 0 Å². The van der Waals surface area contributed by atoms with Gasteiger partial charge in [0.15, 0.2) is 17.3 Å². The summed E-state index contributed by atoms with van der Waals surface area (Å²) in [4.78, 5) is 0. The summed E-state index contributed by atoms with van der Waals surface area (Å²) in [6.45, 7) is 0. The normalized spacial score (nSPS) is 11.2. The molecule has 0 aliphatic heterocycles. The third kappa shape index (κ3) is 3.62. The lowest BCUT2D eigenvalue weighted by molar-refractivity contribution is 0.373. The van der Waals surface area contributed by atoms with Crippen LogP contribution in [-0.4, -0.2) is 39.6 Å². The molecule has 0 fully saturated rings. The smallest absolute Gasteiger partial charge is 0.212 e. The molecule has 0 bridgehead atoms. The maximum atomic E-state index is 9.76. The number of phenolic OH excluding ortho intramolecular Hbond substituents is 1. The molecule has 3 rings (SSSR count). The van der Waals surface area contributed by atoms with Crippen LogP contribution in [0.1, 0.15) is 5.56 Å². The van der Waals surface area contributed by atoms with Gasteiger partial charge in [-0.3, -0.25) is 0 Å². The van der Waals surface area contributed by atoms with Gasteiger partial charge in [-0.05, 0) is 12.3 Å². The van der Waals surface area contributed by atoms with Crippen LogP contribution in [0.4, 0.5) is 0 Å². The zero-order valence-corrected chi connectivity index (χ0v) is 15.1. The highest BCUT2D eigenvalue weighted by atomic mass is 35.5. The van der Waals surface area contributed by atoms with Crippen molar-refractivity contribution >= 4 is 29.6 Å². The standard InChI is InChI=1S/C17H15ClN4O2S/c1-24-15-8-12(13(18)9-14(15)23)10-19-22-16(20-21-17(22)25-2)11-6-4-3-5-7-11/h3-10,23H,1-2H3. The molecule has 1 N–H and O–H groups in total. The fourth-order valence-corrected chi connectivity index (χ4v) is 2.84. The lowest BCUT2D eigenvalue weighted by Gasteiger charge is -2.07. The number of halogens is 1. The average Bonchev–Trinajstić information content (AvgIpc) is 3.04. The molecule has 3 aromatic rings. The molecule has 0 saturated heterocycles. The van der Waals surface area contributed by atoms with Crippen LogP contribution < -0.4 is 4.74 Å². The summed E-state index contributed by atoms with van der Waals surface area (Å²) in [5.74, 6) is 0.926. The van der Waals surface area contributed by atoms with Crippen molar-refractivity contribution in [3.63, 3.8) is 0 Å². The zero-order valence-electron chi connectivity index (χ0n) is 13.5. The molecule has 25 heavy (non-hydrogen) atoms. The number of thioether (sulfide) groups is 1. The second-order valence-corrected chi connectivity index (χ2v) is 6.16. The molecule has 0 amide bonds. The van der Waals surface area contributed by atoms with Crippen LogP contribution in [0.2, 0.25) is 5.02 Å². The monoisotopic (exact) mass is 374 g/mol. The Morgan fingerprint density at radius 1 is 1.24 bits per heavy atom. The molecule has 0 unspecified atom stereocenters. The molecule has 8 heteroatoms. The first-order valence-corrected chi connectivity index (χ1v) is 8.90. The quantitative estimate of drug-likeness (QED) is 0.541. The predicted molar refractivity (Wildman–Crippen MR) is 99.9 cm³/mol. The lowest BCUT2D eigenvalue weighted by atomic mass is 10.2. The zero-order chi connectivity index (χ0) is 17.8. The molecular weight excluding hydrogens is 360 g/mol. The first-order valence-electron chi connectivity index (χ1n) is 7.29. The first kappa shape index (κ1) is 17.3. The summed E-state index contributed by atoms with van der Waals surface area (Å²) in [6, 6.07) is 12.7. The molecule has 1 heterocycles. The predicted octanol–water partition coefficient (Wildman–Crippen LogP) is 3.92. The van der Waals surface area contributed by atoms with Crippen molar-refractivity contribution in [3.05, 3.63) is 53.1 Å². The van der Waals surface area contributed by atoms with Crippen molar-refractivity contribution in [2.24, 2.45) is 5.10 Å². The summed E-state index contributed by atoms with van der Waals surface area (Å²) >= 11 is 7.61. The molecule has 0 atom stereocenters. The van der Waals surface area contributed by atoms with Gasteiger partial charge in [0, 0.05) is 17.2 Å². The van der Waals surface area contributed by atoms with Crippen molar-refractivity contribution in [2.75, 3.05) is 13.4 Å². The molecule has 0 spiro atoms. The van der Waals surface area contributed by atoms with E-state index in [2.05, 4.69) is 15.3 Å². The van der Waals surface area contributed by atoms with Gasteiger partial charge < -0.3 is 9.84 Å². The van der Waals surface area contributed by atoms with E-state index in [1.54, 1.807) is 17.0 Å². The van der Waals surface area contributed by atoms with E-state index in [-0.39, 0.29) is 5.75 Å². The Bertz CT molecular complexity index is 913. The number of methoxy groups -OCH3 is 1. The second-order valence-electron chi connectivity index (χ2n) is 4.98. The molecule has 0 saturated carbocycles. The van der Waals surface area contributed by atoms with Crippen LogP contribution in [0.15, 0.2) is 52.7 Å². The summed E-state index contributed by atoms with van der Waals surface area (Å²) in [7, 11) is 1.48. The Labute approximate surface area is 154 Å². The number of rotatable bonds is 5. The lowest BCUT2D eigenvalue weighted by Crippen LogP contribution is -1.97. The van der Waals surface area contributed by atoms with Crippen LogP contribution in [0.25, 0.3) is 11.4 Å². The van der Waals surface area contributed by atoms with Crippen LogP contribution in [0.3, 0.4) is 0 Å². The van der Waals surface area contributed by atoms with Gasteiger partial charge in [0.05, 0.1) is 18.3 Å². The van der Waals surface area contributed by atoms with Gasteiger partial charge >= 0.3 is 0 Å². The number of ether oxygens (including phenoxy) is 1. The third-order valence-electron chi connectivity index (χ3n) is 3.44. The summed E-state index contributed by atoms with van der Waals surface area (Å²) in [5.41, 5.74) is 1.51. The maximum Gasteiger partial charge on any atom is 0.212 e. The SMILES string of the molecule is COc1cc(C=Nn2c(SC)nnc2-c2ccccc2)c(Cl)cc1O. The van der Waals surface area contributed by atoms with Gasteiger partial charge in [0.25, 0.3) is 0 Å². The van der Waals surface area contributed by atoms with Crippen molar-refractivity contribution < 1.29 is 9.84 Å². The fourth-order valence-electron chi connectivity index (χ4n) is 2.21. The Balaban J connectivity index is 2.03. The molecule has 0 aliphatic carbocycles. The van der Waals surface area contributed by atoms with E-state index in [9.17, 15) is 5.11 Å². The van der Waals surface area contributed by atoms with Crippen LogP contribution >= 0.6 is 23.4 Å². The van der Waals surface area contributed by atoms with Crippen LogP contribution in [-0.2, 0) is 0 Å². The largest absolute Gasteiger partial charge is 0.504 e. The van der Waals surface area contributed by atoms with E-state index in [0.29, 0.717) is 27.3 Å². The number of phenols is 1. The molecule has 0 radical (unpaired) electrons. The highest BCUT2D eigenvalue weighted by Gasteiger charge is 2.13. The summed E-state index contributed by atoms with van der Waals surface area (Å²) in [5, 5.41) is 23.6. The number of hydrogen-bond donors (Lipinski definition) is 1. The van der Waals surface area contributed by atoms with Crippen molar-refractivity contribution in [1.82, 2.24) is 14.9 Å². The van der Waals surface area contributed by atoms with Crippen LogP contribution in [0.5, 0.6) is 11.5 Å². The minimum atomic E-state index is -0.0243. The Morgan fingerprint density at radius 2 is 2.00 bits per heavy atom. The molecule has 6 nitrogen and oxygen atoms in total. The maximum absolute atomic E-state index is 9.76. The van der Waals surface area contributed by atoms with Crippen molar-refractivity contribution in [3.8, 4) is 22.9 Å². The number of hydrogen-bond acceptors (Lipinski definition) is 6. The minimum absolute atomic E-state index is 0.0243. The van der Waals surface area contributed by atoms with E-state index in [0.717, 1.165) is 5.56 Å². The van der Waals surface area contributed by atoms with Gasteiger partial charge in [-0.25, -0.2) is 0 Å². The van der Waals surface area contributed by atoms with Gasteiger partial charge in [-0.1, -0.05) is 53.7 Å². The van der Waals surface area contributed by atoms with E-state index >= 15 is 0 Å². The molecule has 128 valence electrons. The second kappa shape index (κ2) is 7.58. The van der Waals surface area contributed by atoms with Crippen molar-refractivity contribution in [2.45, 2.75) is 5.16 Å². The Morgan fingerprint density at radius 3 is 2.68 bits per heavy atom. The first-order chi connectivity index (χ1) is 12.1. The highest BCUT2D eigenvalue weighted by molar-refractivity contribution is 7.98. The molecule has 1 aromatic heterocycles. The highest BCUT2D eigenvalue weighted by Crippen LogP contribution is 2.31. The molecule has 2 aromatic carbocycles. The number of aromatic hydroxyl groups is 1. The minimum Gasteiger partial charge on any atom is -0.504 e. The fraction of sp³-hybridized carbons (Fsp3) is 0.118. The number of benzene rings is 2. The summed E-state index contributed by atoms with van der Waals surface area (Å²) < 4.78 is 6.76. The topological polar surface area (TPSA) is 72.5 Å². The summed E-state index contributed by atoms with van der Waals surface area (Å²) in [6.07, 6.45) is 3.49. The molecule has 0 aliphatic rings. The Kier molecular flexibility index (Phi) is 5.25. The average molecular weight is 375 g/mol. The Hall–Kier alpha value is -2.51. The van der Waals surface area contributed by atoms with Crippen LogP contribution in [0, 0.1) is 0 Å². The van der Waals surface area contributed by atoms with Gasteiger partial charge in [0.2, 0.25) is 5.16 Å². The number of aromatic nitrogens is 3. The van der Waals surface area contributed by atoms with Crippen molar-refractivity contribution in [1.29, 1.82) is 0 Å². The van der Waals surface area contributed by atoms with E-state index < -0.39 is 0 Å². The van der Waals surface area contributed by atoms with Gasteiger partial charge in [-0.2, -0.15) is 9.78 Å².